The standard InChI is InChI=1S/C19H20N4O4/c1-13-4-3-5-17(14(13)2)21-18(24)10-11-19(25)22-20-12-15-6-8-16(9-7-15)23(26)27/h3-9,12H,10-11H2,1-2H3,(H,21,24)(H,22,25)/b20-12+. The van der Waals surface area contributed by atoms with E-state index in [0.29, 0.717) is 5.56 Å². The molecule has 0 aliphatic rings. The SMILES string of the molecule is Cc1cccc(NC(=O)CCC(=O)N/N=C/c2ccc([N+](=O)[O-])cc2)c1C. The van der Waals surface area contributed by atoms with E-state index in [2.05, 4.69) is 15.8 Å². The first kappa shape index (κ1) is 19.8. The van der Waals surface area contributed by atoms with E-state index in [0.717, 1.165) is 16.8 Å². The number of nitro benzene ring substituents is 1. The summed E-state index contributed by atoms with van der Waals surface area (Å²) in [6.07, 6.45) is 1.40. The molecule has 0 fully saturated rings. The zero-order valence-electron chi connectivity index (χ0n) is 15.1. The largest absolute Gasteiger partial charge is 0.326 e. The number of nitrogens with one attached hydrogen (secondary N) is 2. The lowest BCUT2D eigenvalue weighted by Crippen LogP contribution is -2.21. The molecule has 0 atom stereocenters. The molecule has 2 N–H and O–H groups in total. The number of anilines is 1. The molecule has 0 unspecified atom stereocenters. The summed E-state index contributed by atoms with van der Waals surface area (Å²) < 4.78 is 0. The van der Waals surface area contributed by atoms with E-state index < -0.39 is 10.8 Å². The highest BCUT2D eigenvalue weighted by molar-refractivity contribution is 5.94. The molecule has 27 heavy (non-hydrogen) atoms. The number of nitrogens with zero attached hydrogens (tertiary/aromatic N) is 2. The number of carbonyl (C=O) groups excluding carboxylic acids is 2. The quantitative estimate of drug-likeness (QED) is 0.444. The molecule has 0 aliphatic heterocycles. The first-order valence-electron chi connectivity index (χ1n) is 8.29. The molecule has 2 rings (SSSR count). The number of carbonyl (C=O) groups is 2. The normalized spacial score (nSPS) is 10.6. The Morgan fingerprint density at radius 3 is 2.41 bits per heavy atom. The second-order valence-electron chi connectivity index (χ2n) is 5.94. The molecule has 0 aromatic heterocycles. The zero-order valence-corrected chi connectivity index (χ0v) is 15.1. The molecule has 0 heterocycles. The van der Waals surface area contributed by atoms with Gasteiger partial charge in [-0.2, -0.15) is 5.10 Å². The van der Waals surface area contributed by atoms with Crippen molar-refractivity contribution in [1.82, 2.24) is 5.43 Å². The molecule has 0 saturated heterocycles. The molecule has 8 nitrogen and oxygen atoms in total. The Hall–Kier alpha value is -3.55. The molecule has 8 heteroatoms. The van der Waals surface area contributed by atoms with Crippen molar-refractivity contribution < 1.29 is 14.5 Å². The summed E-state index contributed by atoms with van der Waals surface area (Å²) >= 11 is 0. The van der Waals surface area contributed by atoms with E-state index in [-0.39, 0.29) is 24.4 Å². The topological polar surface area (TPSA) is 114 Å². The highest BCUT2D eigenvalue weighted by Gasteiger charge is 2.09. The fourth-order valence-corrected chi connectivity index (χ4v) is 2.24. The number of nitro groups is 1. The predicted molar refractivity (Wildman–Crippen MR) is 103 cm³/mol. The lowest BCUT2D eigenvalue weighted by atomic mass is 10.1. The summed E-state index contributed by atoms with van der Waals surface area (Å²) in [7, 11) is 0. The lowest BCUT2D eigenvalue weighted by molar-refractivity contribution is -0.384. The average Bonchev–Trinajstić information content (AvgIpc) is 2.64. The van der Waals surface area contributed by atoms with Crippen molar-refractivity contribution in [2.24, 2.45) is 5.10 Å². The number of hydrogen-bond acceptors (Lipinski definition) is 5. The summed E-state index contributed by atoms with van der Waals surface area (Å²) in [6.45, 7) is 3.88. The number of amides is 2. The number of hydrogen-bond donors (Lipinski definition) is 2. The van der Waals surface area contributed by atoms with Crippen molar-refractivity contribution in [2.45, 2.75) is 26.7 Å². The highest BCUT2D eigenvalue weighted by Crippen LogP contribution is 2.18. The lowest BCUT2D eigenvalue weighted by Gasteiger charge is -2.10. The van der Waals surface area contributed by atoms with Gasteiger partial charge in [-0.15, -0.1) is 0 Å². The molecule has 0 spiro atoms. The summed E-state index contributed by atoms with van der Waals surface area (Å²) in [5.41, 5.74) is 5.70. The van der Waals surface area contributed by atoms with Gasteiger partial charge in [-0.25, -0.2) is 5.43 Å². The van der Waals surface area contributed by atoms with Gasteiger partial charge in [-0.1, -0.05) is 12.1 Å². The Bertz CT molecular complexity index is 876. The van der Waals surface area contributed by atoms with E-state index in [1.165, 1.54) is 30.5 Å². The fraction of sp³-hybridized carbons (Fsp3) is 0.211. The van der Waals surface area contributed by atoms with Crippen LogP contribution in [0, 0.1) is 24.0 Å². The smallest absolute Gasteiger partial charge is 0.269 e. The summed E-state index contributed by atoms with van der Waals surface area (Å²) in [5.74, 6) is -0.650. The maximum absolute atomic E-state index is 12.0. The van der Waals surface area contributed by atoms with Crippen molar-refractivity contribution in [1.29, 1.82) is 0 Å². The van der Waals surface area contributed by atoms with Gasteiger partial charge in [0.15, 0.2) is 0 Å². The van der Waals surface area contributed by atoms with Crippen LogP contribution in [0.3, 0.4) is 0 Å². The van der Waals surface area contributed by atoms with Crippen LogP contribution in [0.15, 0.2) is 47.6 Å². The van der Waals surface area contributed by atoms with Crippen LogP contribution in [0.2, 0.25) is 0 Å². The summed E-state index contributed by atoms with van der Waals surface area (Å²) in [6, 6.07) is 11.4. The van der Waals surface area contributed by atoms with Crippen molar-refractivity contribution >= 4 is 29.4 Å². The first-order chi connectivity index (χ1) is 12.9. The van der Waals surface area contributed by atoms with Gasteiger partial charge in [0.1, 0.15) is 0 Å². The number of benzene rings is 2. The Morgan fingerprint density at radius 1 is 1.07 bits per heavy atom. The molecule has 2 amide bonds. The van der Waals surface area contributed by atoms with Gasteiger partial charge in [-0.05, 0) is 48.7 Å². The minimum atomic E-state index is -0.494. The van der Waals surface area contributed by atoms with Gasteiger partial charge in [-0.3, -0.25) is 19.7 Å². The number of rotatable bonds is 7. The van der Waals surface area contributed by atoms with E-state index in [1.807, 2.05) is 32.0 Å². The van der Waals surface area contributed by atoms with Crippen LogP contribution in [0.25, 0.3) is 0 Å². The molecule has 2 aromatic carbocycles. The van der Waals surface area contributed by atoms with Gasteiger partial charge in [0, 0.05) is 30.7 Å². The van der Waals surface area contributed by atoms with Crippen LogP contribution in [0.4, 0.5) is 11.4 Å². The predicted octanol–water partition coefficient (Wildman–Crippen LogP) is 3.08. The van der Waals surface area contributed by atoms with Crippen molar-refractivity contribution in [3.05, 3.63) is 69.3 Å². The van der Waals surface area contributed by atoms with Gasteiger partial charge in [0.2, 0.25) is 11.8 Å². The second-order valence-corrected chi connectivity index (χ2v) is 5.94. The van der Waals surface area contributed by atoms with Crippen molar-refractivity contribution in [2.75, 3.05) is 5.32 Å². The maximum Gasteiger partial charge on any atom is 0.269 e. The molecule has 0 saturated carbocycles. The van der Waals surface area contributed by atoms with Crippen LogP contribution < -0.4 is 10.7 Å². The Balaban J connectivity index is 1.77. The van der Waals surface area contributed by atoms with Crippen LogP contribution in [-0.2, 0) is 9.59 Å². The third-order valence-corrected chi connectivity index (χ3v) is 3.96. The Labute approximate surface area is 156 Å². The molecule has 0 bridgehead atoms. The van der Waals surface area contributed by atoms with E-state index in [1.54, 1.807) is 0 Å². The highest BCUT2D eigenvalue weighted by atomic mass is 16.6. The monoisotopic (exact) mass is 368 g/mol. The molecular formula is C19H20N4O4. The van der Waals surface area contributed by atoms with Crippen molar-refractivity contribution in [3.63, 3.8) is 0 Å². The van der Waals surface area contributed by atoms with Crippen LogP contribution in [0.1, 0.15) is 29.5 Å². The van der Waals surface area contributed by atoms with Gasteiger partial charge in [0.25, 0.3) is 5.69 Å². The fourth-order valence-electron chi connectivity index (χ4n) is 2.24. The van der Waals surface area contributed by atoms with Gasteiger partial charge >= 0.3 is 0 Å². The molecule has 0 aliphatic carbocycles. The van der Waals surface area contributed by atoms with E-state index in [4.69, 9.17) is 0 Å². The maximum atomic E-state index is 12.0. The van der Waals surface area contributed by atoms with E-state index in [9.17, 15) is 19.7 Å². The Morgan fingerprint density at radius 2 is 1.74 bits per heavy atom. The third kappa shape index (κ3) is 6.03. The number of aryl methyl sites for hydroxylation is 1. The minimum absolute atomic E-state index is 0.00566. The second kappa shape index (κ2) is 9.23. The number of hydrazone groups is 1. The van der Waals surface area contributed by atoms with Gasteiger partial charge < -0.3 is 5.32 Å². The molecule has 140 valence electrons. The van der Waals surface area contributed by atoms with Crippen molar-refractivity contribution in [3.8, 4) is 0 Å². The summed E-state index contributed by atoms with van der Waals surface area (Å²) in [4.78, 5) is 33.8. The minimum Gasteiger partial charge on any atom is -0.326 e. The van der Waals surface area contributed by atoms with Crippen LogP contribution >= 0.6 is 0 Å². The molecule has 2 aromatic rings. The van der Waals surface area contributed by atoms with Crippen LogP contribution in [0.5, 0.6) is 0 Å². The summed E-state index contributed by atoms with van der Waals surface area (Å²) in [5, 5.41) is 17.1. The third-order valence-electron chi connectivity index (χ3n) is 3.96. The Kier molecular flexibility index (Phi) is 6.76. The zero-order chi connectivity index (χ0) is 19.8. The number of non-ortho nitro benzene ring substituents is 1. The first-order valence-corrected chi connectivity index (χ1v) is 8.29. The van der Waals surface area contributed by atoms with Crippen LogP contribution in [-0.4, -0.2) is 23.0 Å². The molecular weight excluding hydrogens is 348 g/mol. The van der Waals surface area contributed by atoms with E-state index >= 15 is 0 Å². The average molecular weight is 368 g/mol. The molecule has 0 radical (unpaired) electrons. The van der Waals surface area contributed by atoms with Gasteiger partial charge in [0.05, 0.1) is 11.1 Å².